The fraction of sp³-hybridized carbons (Fsp3) is 0.400. The van der Waals surface area contributed by atoms with Crippen molar-refractivity contribution in [2.24, 2.45) is 0 Å². The van der Waals surface area contributed by atoms with Crippen molar-refractivity contribution in [1.29, 1.82) is 0 Å². The fourth-order valence-electron chi connectivity index (χ4n) is 1.97. The van der Waals surface area contributed by atoms with Crippen LogP contribution in [0.2, 0.25) is 0 Å². The predicted octanol–water partition coefficient (Wildman–Crippen LogP) is 3.44. The van der Waals surface area contributed by atoms with E-state index in [0.29, 0.717) is 24.9 Å². The summed E-state index contributed by atoms with van der Waals surface area (Å²) in [4.78, 5) is 13.7. The van der Waals surface area contributed by atoms with Gasteiger partial charge in [0.25, 0.3) is 0 Å². The van der Waals surface area contributed by atoms with Crippen LogP contribution in [0.15, 0.2) is 41.8 Å². The maximum Gasteiger partial charge on any atom is 0.407 e. The van der Waals surface area contributed by atoms with Gasteiger partial charge < -0.3 is 14.7 Å². The average Bonchev–Trinajstić information content (AvgIpc) is 2.52. The molecule has 1 aliphatic heterocycles. The van der Waals surface area contributed by atoms with E-state index in [4.69, 9.17) is 9.84 Å². The molecule has 1 aliphatic rings. The molecule has 2 rings (SSSR count). The Morgan fingerprint density at radius 1 is 1.52 bits per heavy atom. The van der Waals surface area contributed by atoms with E-state index < -0.39 is 6.09 Å². The zero-order valence-electron chi connectivity index (χ0n) is 11.7. The standard InChI is InChI=1S/C15H19NO3S2/c1-2-8-19-12-3-5-13(6-4-12)21-11-14-10-16(15(17)18)7-9-20-14/h2-6,14H,1,7-11H2,(H,17,18). The Morgan fingerprint density at radius 2 is 2.29 bits per heavy atom. The van der Waals surface area contributed by atoms with Gasteiger partial charge in [0, 0.05) is 34.7 Å². The molecule has 6 heteroatoms. The molecule has 0 bridgehead atoms. The quantitative estimate of drug-likeness (QED) is 0.641. The van der Waals surface area contributed by atoms with Crippen molar-refractivity contribution in [3.63, 3.8) is 0 Å². The van der Waals surface area contributed by atoms with Gasteiger partial charge in [-0.15, -0.1) is 11.8 Å². The van der Waals surface area contributed by atoms with Crippen LogP contribution in [0, 0.1) is 0 Å². The lowest BCUT2D eigenvalue weighted by Gasteiger charge is -2.30. The summed E-state index contributed by atoms with van der Waals surface area (Å²) in [6.07, 6.45) is 0.908. The molecule has 1 N–H and O–H groups in total. The molecule has 1 fully saturated rings. The van der Waals surface area contributed by atoms with E-state index in [0.717, 1.165) is 17.3 Å². The van der Waals surface area contributed by atoms with Gasteiger partial charge >= 0.3 is 6.09 Å². The molecule has 4 nitrogen and oxygen atoms in total. The van der Waals surface area contributed by atoms with Crippen molar-refractivity contribution < 1.29 is 14.6 Å². The smallest absolute Gasteiger partial charge is 0.407 e. The summed E-state index contributed by atoms with van der Waals surface area (Å²) >= 11 is 3.61. The molecule has 0 radical (unpaired) electrons. The monoisotopic (exact) mass is 325 g/mol. The summed E-state index contributed by atoms with van der Waals surface area (Å²) in [5, 5.41) is 9.39. The van der Waals surface area contributed by atoms with Gasteiger partial charge in [-0.05, 0) is 24.3 Å². The van der Waals surface area contributed by atoms with Gasteiger partial charge in [-0.3, -0.25) is 0 Å². The third-order valence-electron chi connectivity index (χ3n) is 3.04. The van der Waals surface area contributed by atoms with Gasteiger partial charge in [-0.1, -0.05) is 12.7 Å². The molecule has 0 aliphatic carbocycles. The highest BCUT2D eigenvalue weighted by molar-refractivity contribution is 8.03. The third-order valence-corrected chi connectivity index (χ3v) is 5.63. The number of rotatable bonds is 6. The van der Waals surface area contributed by atoms with Crippen LogP contribution in [0.4, 0.5) is 4.79 Å². The van der Waals surface area contributed by atoms with E-state index in [2.05, 4.69) is 6.58 Å². The first-order chi connectivity index (χ1) is 10.2. The topological polar surface area (TPSA) is 49.8 Å². The zero-order valence-corrected chi connectivity index (χ0v) is 13.4. The first kappa shape index (κ1) is 16.1. The van der Waals surface area contributed by atoms with Gasteiger partial charge in [0.1, 0.15) is 12.4 Å². The Bertz CT molecular complexity index is 478. The Morgan fingerprint density at radius 3 is 2.95 bits per heavy atom. The summed E-state index contributed by atoms with van der Waals surface area (Å²) < 4.78 is 5.44. The number of hydrogen-bond acceptors (Lipinski definition) is 4. The largest absolute Gasteiger partial charge is 0.490 e. The van der Waals surface area contributed by atoms with Crippen molar-refractivity contribution in [3.8, 4) is 5.75 Å². The SMILES string of the molecule is C=CCOc1ccc(SCC2CN(C(=O)O)CCS2)cc1. The van der Waals surface area contributed by atoms with E-state index in [-0.39, 0.29) is 0 Å². The first-order valence-corrected chi connectivity index (χ1v) is 8.78. The normalized spacial score (nSPS) is 18.3. The second-order valence-corrected chi connectivity index (χ2v) is 7.11. The minimum absolute atomic E-state index is 0.358. The van der Waals surface area contributed by atoms with Crippen molar-refractivity contribution in [1.82, 2.24) is 4.90 Å². The molecule has 1 aromatic rings. The molecule has 0 spiro atoms. The Labute approximate surface area is 133 Å². The Balaban J connectivity index is 1.79. The van der Waals surface area contributed by atoms with Gasteiger partial charge in [0.05, 0.1) is 0 Å². The highest BCUT2D eigenvalue weighted by atomic mass is 32.2. The Kier molecular flexibility index (Phi) is 6.32. The molecular weight excluding hydrogens is 306 g/mol. The van der Waals surface area contributed by atoms with Crippen LogP contribution in [-0.4, -0.2) is 52.6 Å². The molecule has 1 heterocycles. The Hall–Kier alpha value is -1.27. The molecule has 0 saturated carbocycles. The maximum atomic E-state index is 11.0. The van der Waals surface area contributed by atoms with Crippen LogP contribution in [-0.2, 0) is 0 Å². The van der Waals surface area contributed by atoms with Crippen LogP contribution in [0.3, 0.4) is 0 Å². The van der Waals surface area contributed by atoms with Gasteiger partial charge in [-0.25, -0.2) is 4.79 Å². The van der Waals surface area contributed by atoms with E-state index in [1.807, 2.05) is 36.0 Å². The number of nitrogens with zero attached hydrogens (tertiary/aromatic N) is 1. The van der Waals surface area contributed by atoms with E-state index in [1.165, 1.54) is 9.80 Å². The van der Waals surface area contributed by atoms with E-state index >= 15 is 0 Å². The number of carbonyl (C=O) groups is 1. The van der Waals surface area contributed by atoms with Crippen LogP contribution in [0.1, 0.15) is 0 Å². The third kappa shape index (κ3) is 5.21. The number of ether oxygens (including phenoxy) is 1. The van der Waals surface area contributed by atoms with Gasteiger partial charge in [-0.2, -0.15) is 11.8 Å². The summed E-state index contributed by atoms with van der Waals surface area (Å²) in [6, 6.07) is 7.96. The van der Waals surface area contributed by atoms with Crippen molar-refractivity contribution in [3.05, 3.63) is 36.9 Å². The second-order valence-electron chi connectivity index (χ2n) is 4.60. The van der Waals surface area contributed by atoms with E-state index in [9.17, 15) is 4.79 Å². The second kappa shape index (κ2) is 8.24. The summed E-state index contributed by atoms with van der Waals surface area (Å²) in [5.41, 5.74) is 0. The van der Waals surface area contributed by atoms with E-state index in [1.54, 1.807) is 17.8 Å². The fourth-order valence-corrected chi connectivity index (χ4v) is 4.32. The number of amides is 1. The highest BCUT2D eigenvalue weighted by Crippen LogP contribution is 2.27. The summed E-state index contributed by atoms with van der Waals surface area (Å²) in [5.74, 6) is 2.64. The maximum absolute atomic E-state index is 11.0. The molecule has 0 aromatic heterocycles. The minimum atomic E-state index is -0.811. The minimum Gasteiger partial charge on any atom is -0.490 e. The van der Waals surface area contributed by atoms with Crippen molar-refractivity contribution in [2.75, 3.05) is 31.2 Å². The summed E-state index contributed by atoms with van der Waals surface area (Å²) in [7, 11) is 0. The van der Waals surface area contributed by atoms with Crippen molar-refractivity contribution in [2.45, 2.75) is 10.1 Å². The van der Waals surface area contributed by atoms with Crippen LogP contribution < -0.4 is 4.74 Å². The lowest BCUT2D eigenvalue weighted by molar-refractivity contribution is 0.147. The van der Waals surface area contributed by atoms with Gasteiger partial charge in [0.2, 0.25) is 0 Å². The summed E-state index contributed by atoms with van der Waals surface area (Å²) in [6.45, 7) is 5.38. The number of carboxylic acid groups (broad SMARTS) is 1. The molecule has 1 unspecified atom stereocenters. The molecule has 1 amide bonds. The molecule has 114 valence electrons. The lowest BCUT2D eigenvalue weighted by atomic mass is 10.3. The number of thioether (sulfide) groups is 2. The van der Waals surface area contributed by atoms with Crippen molar-refractivity contribution >= 4 is 29.6 Å². The first-order valence-electron chi connectivity index (χ1n) is 6.75. The number of benzene rings is 1. The molecule has 1 saturated heterocycles. The average molecular weight is 325 g/mol. The molecular formula is C15H19NO3S2. The van der Waals surface area contributed by atoms with Crippen LogP contribution in [0.25, 0.3) is 0 Å². The predicted molar refractivity (Wildman–Crippen MR) is 88.7 cm³/mol. The molecule has 1 aromatic carbocycles. The zero-order chi connectivity index (χ0) is 15.1. The molecule has 1 atom stereocenters. The van der Waals surface area contributed by atoms with Gasteiger partial charge in [0.15, 0.2) is 0 Å². The lowest BCUT2D eigenvalue weighted by Crippen LogP contribution is -2.41. The van der Waals surface area contributed by atoms with Crippen LogP contribution in [0.5, 0.6) is 5.75 Å². The highest BCUT2D eigenvalue weighted by Gasteiger charge is 2.23. The molecule has 21 heavy (non-hydrogen) atoms. The van der Waals surface area contributed by atoms with Crippen LogP contribution >= 0.6 is 23.5 Å². The number of hydrogen-bond donors (Lipinski definition) is 1.